The largest absolute Gasteiger partial charge is 0.381 e. The van der Waals surface area contributed by atoms with E-state index >= 15 is 0 Å². The Morgan fingerprint density at radius 3 is 2.88 bits per heavy atom. The Balaban J connectivity index is 2.27. The number of pyridine rings is 1. The molecular formula is C10H12F2N4O. The number of carbonyl (C=O) groups is 1. The summed E-state index contributed by atoms with van der Waals surface area (Å²) in [5.74, 6) is -2.10. The molecule has 2 rings (SSSR count). The molecule has 17 heavy (non-hydrogen) atoms. The number of carbonyl (C=O) groups excluding carboxylic acids is 1. The van der Waals surface area contributed by atoms with Gasteiger partial charge >= 0.3 is 0 Å². The fourth-order valence-electron chi connectivity index (χ4n) is 1.67. The number of hydrogen-bond donors (Lipinski definition) is 2. The maximum absolute atomic E-state index is 13.5. The van der Waals surface area contributed by atoms with Crippen LogP contribution in [-0.2, 0) is 4.79 Å². The summed E-state index contributed by atoms with van der Waals surface area (Å²) in [6, 6.07) is 0.706. The number of hydrogen-bond acceptors (Lipinski definition) is 4. The van der Waals surface area contributed by atoms with Crippen LogP contribution in [0.4, 0.5) is 20.4 Å². The lowest BCUT2D eigenvalue weighted by Gasteiger charge is -2.21. The van der Waals surface area contributed by atoms with Gasteiger partial charge in [-0.3, -0.25) is 4.79 Å². The molecule has 1 aromatic heterocycles. The number of nitrogens with two attached hydrogens (primary N) is 1. The van der Waals surface area contributed by atoms with Crippen LogP contribution in [0.25, 0.3) is 0 Å². The molecule has 7 heteroatoms. The topological polar surface area (TPSA) is 71.2 Å². The van der Waals surface area contributed by atoms with Crippen LogP contribution in [0.2, 0.25) is 0 Å². The van der Waals surface area contributed by atoms with Crippen molar-refractivity contribution in [3.8, 4) is 0 Å². The molecule has 1 aliphatic heterocycles. The summed E-state index contributed by atoms with van der Waals surface area (Å²) in [6.07, 6.45) is 0.248. The van der Waals surface area contributed by atoms with Crippen molar-refractivity contribution >= 4 is 17.5 Å². The van der Waals surface area contributed by atoms with Crippen molar-refractivity contribution in [1.29, 1.82) is 0 Å². The molecule has 1 aliphatic rings. The monoisotopic (exact) mass is 242 g/mol. The van der Waals surface area contributed by atoms with E-state index in [4.69, 9.17) is 5.73 Å². The molecule has 0 spiro atoms. The van der Waals surface area contributed by atoms with Crippen LogP contribution < -0.4 is 16.0 Å². The van der Waals surface area contributed by atoms with Crippen LogP contribution in [0.3, 0.4) is 0 Å². The van der Waals surface area contributed by atoms with E-state index in [1.165, 1.54) is 0 Å². The Morgan fingerprint density at radius 2 is 2.12 bits per heavy atom. The second-order valence-corrected chi connectivity index (χ2v) is 3.75. The van der Waals surface area contributed by atoms with Gasteiger partial charge in [-0.2, -0.15) is 0 Å². The van der Waals surface area contributed by atoms with Crippen LogP contribution in [0, 0.1) is 11.6 Å². The van der Waals surface area contributed by atoms with E-state index in [0.717, 1.165) is 0 Å². The van der Waals surface area contributed by atoms with Crippen molar-refractivity contribution in [2.45, 2.75) is 6.42 Å². The zero-order chi connectivity index (χ0) is 12.4. The minimum absolute atomic E-state index is 0.0135. The Hall–Kier alpha value is -1.92. The Morgan fingerprint density at radius 1 is 1.35 bits per heavy atom. The molecule has 1 aromatic rings. The van der Waals surface area contributed by atoms with Crippen molar-refractivity contribution < 1.29 is 13.6 Å². The van der Waals surface area contributed by atoms with E-state index in [2.05, 4.69) is 10.3 Å². The fraction of sp³-hybridized carbons (Fsp3) is 0.400. The molecular weight excluding hydrogens is 230 g/mol. The molecule has 92 valence electrons. The van der Waals surface area contributed by atoms with Crippen molar-refractivity contribution in [3.05, 3.63) is 17.7 Å². The van der Waals surface area contributed by atoms with E-state index in [1.807, 2.05) is 0 Å². The lowest BCUT2D eigenvalue weighted by atomic mass is 10.3. The molecule has 1 saturated heterocycles. The highest BCUT2D eigenvalue weighted by Crippen LogP contribution is 2.21. The third kappa shape index (κ3) is 2.43. The van der Waals surface area contributed by atoms with Gasteiger partial charge in [-0.25, -0.2) is 13.8 Å². The molecule has 0 aromatic carbocycles. The molecule has 1 amide bonds. The highest BCUT2D eigenvalue weighted by Gasteiger charge is 2.19. The number of amides is 1. The molecule has 5 nitrogen and oxygen atoms in total. The first-order valence-electron chi connectivity index (χ1n) is 5.21. The zero-order valence-corrected chi connectivity index (χ0v) is 9.04. The highest BCUT2D eigenvalue weighted by atomic mass is 19.1. The normalized spacial score (nSPS) is 16.6. The minimum Gasteiger partial charge on any atom is -0.381 e. The summed E-state index contributed by atoms with van der Waals surface area (Å²) in [6.45, 7) is 1.15. The lowest BCUT2D eigenvalue weighted by molar-refractivity contribution is -0.120. The summed E-state index contributed by atoms with van der Waals surface area (Å²) >= 11 is 0. The standard InChI is InChI=1S/C10H12F2N4O/c11-6-5-7(12)10(15-9(6)13)16-3-1-8(17)14-2-4-16/h5H,1-4H2,(H2,13,15)(H,14,17). The first-order valence-corrected chi connectivity index (χ1v) is 5.21. The maximum Gasteiger partial charge on any atom is 0.221 e. The van der Waals surface area contributed by atoms with Gasteiger partial charge in [0.15, 0.2) is 23.3 Å². The number of rotatable bonds is 1. The lowest BCUT2D eigenvalue weighted by Crippen LogP contribution is -2.30. The quantitative estimate of drug-likeness (QED) is 0.741. The van der Waals surface area contributed by atoms with Crippen LogP contribution in [0.1, 0.15) is 6.42 Å². The predicted octanol–water partition coefficient (Wildman–Crippen LogP) is 0.268. The molecule has 1 fully saturated rings. The molecule has 0 saturated carbocycles. The number of aromatic nitrogens is 1. The molecule has 0 atom stereocenters. The number of nitrogens with one attached hydrogen (secondary N) is 1. The average molecular weight is 242 g/mol. The summed E-state index contributed by atoms with van der Waals surface area (Å²) < 4.78 is 26.5. The third-order valence-corrected chi connectivity index (χ3v) is 2.55. The summed E-state index contributed by atoms with van der Waals surface area (Å²) in [5, 5.41) is 2.65. The zero-order valence-electron chi connectivity index (χ0n) is 9.04. The molecule has 2 heterocycles. The van der Waals surface area contributed by atoms with Gasteiger partial charge in [-0.05, 0) is 0 Å². The fourth-order valence-corrected chi connectivity index (χ4v) is 1.67. The van der Waals surface area contributed by atoms with E-state index < -0.39 is 11.6 Å². The highest BCUT2D eigenvalue weighted by molar-refractivity contribution is 5.77. The third-order valence-electron chi connectivity index (χ3n) is 2.55. The van der Waals surface area contributed by atoms with E-state index in [0.29, 0.717) is 25.7 Å². The number of anilines is 2. The first kappa shape index (κ1) is 11.6. The second kappa shape index (κ2) is 4.52. The van der Waals surface area contributed by atoms with Crippen molar-refractivity contribution in [1.82, 2.24) is 10.3 Å². The summed E-state index contributed by atoms with van der Waals surface area (Å²) in [7, 11) is 0. The van der Waals surface area contributed by atoms with Gasteiger partial charge in [0, 0.05) is 32.1 Å². The smallest absolute Gasteiger partial charge is 0.221 e. The number of nitrogens with zero attached hydrogens (tertiary/aromatic N) is 2. The van der Waals surface area contributed by atoms with Crippen LogP contribution >= 0.6 is 0 Å². The molecule has 0 aliphatic carbocycles. The van der Waals surface area contributed by atoms with E-state index in [-0.39, 0.29) is 24.0 Å². The predicted molar refractivity (Wildman–Crippen MR) is 58.4 cm³/mol. The van der Waals surface area contributed by atoms with Crippen molar-refractivity contribution in [3.63, 3.8) is 0 Å². The van der Waals surface area contributed by atoms with Gasteiger partial charge in [0.25, 0.3) is 0 Å². The minimum atomic E-state index is -0.879. The number of nitrogen functional groups attached to an aromatic ring is 1. The van der Waals surface area contributed by atoms with Gasteiger partial charge in [-0.15, -0.1) is 0 Å². The molecule has 3 N–H and O–H groups in total. The van der Waals surface area contributed by atoms with Gasteiger partial charge < -0.3 is 16.0 Å². The van der Waals surface area contributed by atoms with E-state index in [9.17, 15) is 13.6 Å². The Kier molecular flexibility index (Phi) is 3.08. The molecule has 0 radical (unpaired) electrons. The summed E-state index contributed by atoms with van der Waals surface area (Å²) in [5.41, 5.74) is 5.30. The van der Waals surface area contributed by atoms with Crippen molar-refractivity contribution in [2.24, 2.45) is 0 Å². The SMILES string of the molecule is Nc1nc(N2CCNC(=O)CC2)c(F)cc1F. The van der Waals surface area contributed by atoms with Crippen LogP contribution in [0.5, 0.6) is 0 Å². The molecule has 0 bridgehead atoms. The number of halogens is 2. The Bertz CT molecular complexity index is 452. The van der Waals surface area contributed by atoms with Gasteiger partial charge in [0.05, 0.1) is 0 Å². The van der Waals surface area contributed by atoms with Crippen LogP contribution in [-0.4, -0.2) is 30.5 Å². The molecule has 0 unspecified atom stereocenters. The second-order valence-electron chi connectivity index (χ2n) is 3.75. The van der Waals surface area contributed by atoms with E-state index in [1.54, 1.807) is 4.90 Å². The van der Waals surface area contributed by atoms with Gasteiger partial charge in [0.1, 0.15) is 0 Å². The summed E-state index contributed by atoms with van der Waals surface area (Å²) in [4.78, 5) is 16.4. The Labute approximate surface area is 96.6 Å². The van der Waals surface area contributed by atoms with Crippen molar-refractivity contribution in [2.75, 3.05) is 30.3 Å². The maximum atomic E-state index is 13.5. The van der Waals surface area contributed by atoms with Gasteiger partial charge in [-0.1, -0.05) is 0 Å². The van der Waals surface area contributed by atoms with Gasteiger partial charge in [0.2, 0.25) is 5.91 Å². The first-order chi connectivity index (χ1) is 8.08. The van der Waals surface area contributed by atoms with Crippen LogP contribution in [0.15, 0.2) is 6.07 Å². The average Bonchev–Trinajstić information content (AvgIpc) is 2.49.